The lowest BCUT2D eigenvalue weighted by molar-refractivity contribution is -0.946. The lowest BCUT2D eigenvalue weighted by atomic mass is 9.58. The van der Waals surface area contributed by atoms with Gasteiger partial charge in [0.15, 0.2) is 0 Å². The van der Waals surface area contributed by atoms with Crippen LogP contribution in [0.2, 0.25) is 0 Å². The van der Waals surface area contributed by atoms with Gasteiger partial charge in [-0.1, -0.05) is 19.9 Å². The Morgan fingerprint density at radius 1 is 1.33 bits per heavy atom. The number of phenolic OH excluding ortho intramolecular Hbond substituents is 1. The average molecular weight is 286 g/mol. The van der Waals surface area contributed by atoms with E-state index >= 15 is 0 Å². The van der Waals surface area contributed by atoms with E-state index in [-0.39, 0.29) is 5.41 Å². The summed E-state index contributed by atoms with van der Waals surface area (Å²) < 4.78 is 1.28. The van der Waals surface area contributed by atoms with Gasteiger partial charge in [0.2, 0.25) is 0 Å². The molecule has 0 radical (unpaired) electrons. The number of rotatable bonds is 2. The van der Waals surface area contributed by atoms with Gasteiger partial charge in [-0.05, 0) is 36.1 Å². The van der Waals surface area contributed by atoms with Crippen LogP contribution in [-0.4, -0.2) is 35.8 Å². The molecule has 3 aliphatic rings. The third kappa shape index (κ3) is 1.95. The summed E-state index contributed by atoms with van der Waals surface area (Å²) in [5.74, 6) is 2.12. The minimum absolute atomic E-state index is 0.248. The highest BCUT2D eigenvalue weighted by Gasteiger charge is 2.55. The van der Waals surface area contributed by atoms with Crippen LogP contribution in [0.4, 0.5) is 0 Å². The normalized spacial score (nSPS) is 41.7. The van der Waals surface area contributed by atoms with E-state index in [1.165, 1.54) is 54.4 Å². The fourth-order valence-electron chi connectivity index (χ4n) is 5.24. The van der Waals surface area contributed by atoms with Crippen molar-refractivity contribution < 1.29 is 9.59 Å². The lowest BCUT2D eigenvalue weighted by Gasteiger charge is -2.58. The maximum atomic E-state index is 9.91. The number of piperidine rings is 1. The molecule has 2 bridgehead atoms. The zero-order chi connectivity index (χ0) is 14.8. The van der Waals surface area contributed by atoms with Gasteiger partial charge in [0.1, 0.15) is 5.75 Å². The van der Waals surface area contributed by atoms with Crippen molar-refractivity contribution in [3.05, 3.63) is 29.3 Å². The van der Waals surface area contributed by atoms with Crippen molar-refractivity contribution in [1.29, 1.82) is 0 Å². The number of quaternary nitrogens is 1. The minimum atomic E-state index is 0.248. The molecule has 1 saturated heterocycles. The fourth-order valence-corrected chi connectivity index (χ4v) is 5.24. The van der Waals surface area contributed by atoms with Gasteiger partial charge in [0.25, 0.3) is 0 Å². The number of aromatic hydroxyl groups is 1. The molecule has 2 nitrogen and oxygen atoms in total. The second-order valence-corrected chi connectivity index (χ2v) is 8.40. The van der Waals surface area contributed by atoms with E-state index in [0.29, 0.717) is 11.7 Å². The smallest absolute Gasteiger partial charge is 0.115 e. The molecular weight excluding hydrogens is 258 g/mol. The summed E-state index contributed by atoms with van der Waals surface area (Å²) in [6, 6.07) is 6.84. The van der Waals surface area contributed by atoms with Crippen LogP contribution < -0.4 is 0 Å². The van der Waals surface area contributed by atoms with Crippen LogP contribution in [0.3, 0.4) is 0 Å². The van der Waals surface area contributed by atoms with Crippen LogP contribution in [0.1, 0.15) is 44.2 Å². The predicted molar refractivity (Wildman–Crippen MR) is 85.4 cm³/mol. The molecule has 4 rings (SSSR count). The number of hydrogen-bond acceptors (Lipinski definition) is 1. The summed E-state index contributed by atoms with van der Waals surface area (Å²) in [4.78, 5) is 0. The van der Waals surface area contributed by atoms with Gasteiger partial charge in [-0.3, -0.25) is 0 Å². The van der Waals surface area contributed by atoms with Crippen LogP contribution in [0.15, 0.2) is 18.2 Å². The number of phenols is 1. The predicted octanol–water partition coefficient (Wildman–Crippen LogP) is 3.47. The van der Waals surface area contributed by atoms with Crippen LogP contribution in [0.25, 0.3) is 0 Å². The Bertz CT molecular complexity index is 579. The quantitative estimate of drug-likeness (QED) is 0.825. The Morgan fingerprint density at radius 2 is 2.10 bits per heavy atom. The molecule has 0 amide bonds. The first kappa shape index (κ1) is 13.6. The van der Waals surface area contributed by atoms with Gasteiger partial charge in [-0.25, -0.2) is 0 Å². The van der Waals surface area contributed by atoms with Gasteiger partial charge in [0, 0.05) is 30.1 Å². The van der Waals surface area contributed by atoms with E-state index in [0.717, 1.165) is 12.0 Å². The van der Waals surface area contributed by atoms with E-state index in [2.05, 4.69) is 27.0 Å². The Hall–Kier alpha value is -1.02. The third-order valence-corrected chi connectivity index (χ3v) is 7.03. The molecule has 2 heteroatoms. The van der Waals surface area contributed by atoms with E-state index in [1.54, 1.807) is 0 Å². The van der Waals surface area contributed by atoms with E-state index in [9.17, 15) is 5.11 Å². The topological polar surface area (TPSA) is 20.2 Å². The minimum Gasteiger partial charge on any atom is -0.508 e. The van der Waals surface area contributed by atoms with Crippen molar-refractivity contribution in [3.63, 3.8) is 0 Å². The van der Waals surface area contributed by atoms with Crippen LogP contribution in [0.5, 0.6) is 5.75 Å². The molecule has 2 fully saturated rings. The van der Waals surface area contributed by atoms with Crippen molar-refractivity contribution in [3.8, 4) is 5.75 Å². The van der Waals surface area contributed by atoms with Crippen molar-refractivity contribution in [2.45, 2.75) is 51.0 Å². The number of benzene rings is 1. The zero-order valence-corrected chi connectivity index (χ0v) is 13.6. The monoisotopic (exact) mass is 286 g/mol. The number of fused-ring (bicyclic) bond motifs is 4. The van der Waals surface area contributed by atoms with Gasteiger partial charge >= 0.3 is 0 Å². The summed E-state index contributed by atoms with van der Waals surface area (Å²) in [6.45, 7) is 7.58. The lowest BCUT2D eigenvalue weighted by Crippen LogP contribution is -2.67. The van der Waals surface area contributed by atoms with Crippen LogP contribution in [0, 0.1) is 11.8 Å². The number of hydrogen-bond donors (Lipinski definition) is 1. The molecule has 4 atom stereocenters. The molecule has 1 saturated carbocycles. The molecule has 1 aliphatic heterocycles. The van der Waals surface area contributed by atoms with E-state index in [1.807, 2.05) is 12.1 Å². The zero-order valence-electron chi connectivity index (χ0n) is 13.6. The molecule has 2 aliphatic carbocycles. The number of likely N-dealkylation sites (N-methyl/N-ethyl adjacent to an activating group) is 1. The molecule has 3 unspecified atom stereocenters. The molecule has 21 heavy (non-hydrogen) atoms. The first-order chi connectivity index (χ1) is 9.92. The second-order valence-electron chi connectivity index (χ2n) is 8.40. The van der Waals surface area contributed by atoms with Crippen molar-refractivity contribution in [1.82, 2.24) is 0 Å². The maximum Gasteiger partial charge on any atom is 0.115 e. The average Bonchev–Trinajstić information content (AvgIpc) is 3.24. The molecular formula is C19H28NO+. The fraction of sp³-hybridized carbons (Fsp3) is 0.684. The van der Waals surface area contributed by atoms with Gasteiger partial charge in [0.05, 0.1) is 26.2 Å². The molecule has 114 valence electrons. The van der Waals surface area contributed by atoms with Crippen molar-refractivity contribution >= 4 is 0 Å². The Morgan fingerprint density at radius 3 is 2.81 bits per heavy atom. The first-order valence-corrected chi connectivity index (χ1v) is 8.59. The number of likely N-dealkylation sites (tertiary alicyclic amines) is 1. The second kappa shape index (κ2) is 4.25. The first-order valence-electron chi connectivity index (χ1n) is 8.59. The third-order valence-electron chi connectivity index (χ3n) is 7.03. The van der Waals surface area contributed by atoms with E-state index in [4.69, 9.17) is 0 Å². The highest BCUT2D eigenvalue weighted by atomic mass is 16.3. The highest BCUT2D eigenvalue weighted by molar-refractivity contribution is 5.43. The van der Waals surface area contributed by atoms with Gasteiger partial charge in [-0.2, -0.15) is 0 Å². The van der Waals surface area contributed by atoms with Crippen LogP contribution >= 0.6 is 0 Å². The van der Waals surface area contributed by atoms with Crippen molar-refractivity contribution in [2.24, 2.45) is 11.8 Å². The maximum absolute atomic E-state index is 9.91. The van der Waals surface area contributed by atoms with Crippen molar-refractivity contribution in [2.75, 3.05) is 20.1 Å². The molecule has 1 N–H and O–H groups in total. The SMILES string of the molecule is C[C@H]1C2Cc3ccc(O)cc3C1(C)CC[N+]2(C)CC1CC1. The standard InChI is InChI=1S/C19H27NO/c1-13-18-10-15-6-7-16(21)11-17(15)19(13,2)8-9-20(18,3)12-14-4-5-14/h6-7,11,13-14,18H,4-5,8-10,12H2,1-3H3/p+1/t13-,18?,19?,20?/m0/s1. The summed E-state index contributed by atoms with van der Waals surface area (Å²) in [6.07, 6.45) is 5.35. The molecule has 1 heterocycles. The molecule has 1 aromatic rings. The summed E-state index contributed by atoms with van der Waals surface area (Å²) in [7, 11) is 2.50. The Kier molecular flexibility index (Phi) is 2.76. The Balaban J connectivity index is 1.76. The van der Waals surface area contributed by atoms with Gasteiger partial charge in [-0.15, -0.1) is 0 Å². The summed E-state index contributed by atoms with van der Waals surface area (Å²) in [5, 5.41) is 9.91. The molecule has 0 aromatic heterocycles. The van der Waals surface area contributed by atoms with Gasteiger partial charge < -0.3 is 9.59 Å². The molecule has 0 spiro atoms. The summed E-state index contributed by atoms with van der Waals surface area (Å²) in [5.41, 5.74) is 3.15. The van der Waals surface area contributed by atoms with E-state index < -0.39 is 0 Å². The molecule has 1 aromatic carbocycles. The van der Waals surface area contributed by atoms with Crippen LogP contribution in [-0.2, 0) is 11.8 Å². The summed E-state index contributed by atoms with van der Waals surface area (Å²) >= 11 is 0. The largest absolute Gasteiger partial charge is 0.508 e. The highest BCUT2D eigenvalue weighted by Crippen LogP contribution is 2.52. The number of nitrogens with zero attached hydrogens (tertiary/aromatic N) is 1. The Labute approximate surface area is 128 Å².